The van der Waals surface area contributed by atoms with E-state index in [1.54, 1.807) is 0 Å². The largest absolute Gasteiger partial charge is 0.398 e. The fraction of sp³-hybridized carbons (Fsp3) is 0.0714. The molecule has 16 heavy (non-hydrogen) atoms. The molecule has 78 valence electrons. The van der Waals surface area contributed by atoms with Crippen LogP contribution in [-0.4, -0.2) is 0 Å². The number of benzene rings is 2. The topological polar surface area (TPSA) is 49.8 Å². The molecular formula is C14H12N2. The molecule has 2 aromatic carbocycles. The summed E-state index contributed by atoms with van der Waals surface area (Å²) in [5, 5.41) is 8.71. The van der Waals surface area contributed by atoms with Crippen molar-refractivity contribution in [3.8, 4) is 17.2 Å². The third kappa shape index (κ3) is 1.89. The van der Waals surface area contributed by atoms with Gasteiger partial charge in [-0.3, -0.25) is 0 Å². The molecule has 2 heteroatoms. The standard InChI is InChI=1S/C14H12N2/c1-10-2-5-13(8-14(10)16)12-6-3-11(9-15)4-7-12/h2-8H,16H2,1H3. The summed E-state index contributed by atoms with van der Waals surface area (Å²) in [5.74, 6) is 0. The first kappa shape index (κ1) is 10.3. The molecule has 0 spiro atoms. The van der Waals surface area contributed by atoms with E-state index in [0.29, 0.717) is 5.56 Å². The zero-order chi connectivity index (χ0) is 11.5. The second kappa shape index (κ2) is 4.08. The van der Waals surface area contributed by atoms with Crippen molar-refractivity contribution < 1.29 is 0 Å². The first-order valence-electron chi connectivity index (χ1n) is 5.07. The summed E-state index contributed by atoms with van der Waals surface area (Å²) in [5.41, 5.74) is 10.6. The second-order valence-electron chi connectivity index (χ2n) is 3.76. The van der Waals surface area contributed by atoms with Crippen molar-refractivity contribution in [1.82, 2.24) is 0 Å². The van der Waals surface area contributed by atoms with E-state index < -0.39 is 0 Å². The minimum absolute atomic E-state index is 0.670. The van der Waals surface area contributed by atoms with Crippen molar-refractivity contribution >= 4 is 5.69 Å². The predicted molar refractivity (Wildman–Crippen MR) is 65.7 cm³/mol. The zero-order valence-corrected chi connectivity index (χ0v) is 9.07. The third-order valence-corrected chi connectivity index (χ3v) is 2.63. The lowest BCUT2D eigenvalue weighted by Gasteiger charge is -2.05. The van der Waals surface area contributed by atoms with Gasteiger partial charge < -0.3 is 5.73 Å². The molecule has 0 radical (unpaired) electrons. The van der Waals surface area contributed by atoms with Crippen LogP contribution < -0.4 is 5.73 Å². The summed E-state index contributed by atoms with van der Waals surface area (Å²) in [6.45, 7) is 1.98. The van der Waals surface area contributed by atoms with Crippen molar-refractivity contribution in [3.63, 3.8) is 0 Å². The summed E-state index contributed by atoms with van der Waals surface area (Å²) in [6.07, 6.45) is 0. The normalized spacial score (nSPS) is 9.75. The van der Waals surface area contributed by atoms with Gasteiger partial charge in [-0.15, -0.1) is 0 Å². The van der Waals surface area contributed by atoms with Crippen LogP contribution in [0.1, 0.15) is 11.1 Å². The van der Waals surface area contributed by atoms with E-state index in [1.807, 2.05) is 49.4 Å². The van der Waals surface area contributed by atoms with Gasteiger partial charge in [0.2, 0.25) is 0 Å². The number of nitrogens with zero attached hydrogens (tertiary/aromatic N) is 1. The van der Waals surface area contributed by atoms with Crippen LogP contribution in [0.25, 0.3) is 11.1 Å². The molecule has 2 rings (SSSR count). The number of nitrogens with two attached hydrogens (primary N) is 1. The molecule has 0 saturated heterocycles. The van der Waals surface area contributed by atoms with Crippen LogP contribution in [0.5, 0.6) is 0 Å². The Hall–Kier alpha value is -2.27. The van der Waals surface area contributed by atoms with E-state index in [2.05, 4.69) is 6.07 Å². The molecule has 0 aliphatic rings. The predicted octanol–water partition coefficient (Wildman–Crippen LogP) is 3.12. The minimum Gasteiger partial charge on any atom is -0.398 e. The molecule has 0 fully saturated rings. The van der Waals surface area contributed by atoms with E-state index in [-0.39, 0.29) is 0 Å². The molecule has 0 saturated carbocycles. The lowest BCUT2D eigenvalue weighted by Crippen LogP contribution is -1.89. The highest BCUT2D eigenvalue weighted by Crippen LogP contribution is 2.23. The number of rotatable bonds is 1. The summed E-state index contributed by atoms with van der Waals surface area (Å²) in [7, 11) is 0. The van der Waals surface area contributed by atoms with E-state index in [9.17, 15) is 0 Å². The molecule has 0 unspecified atom stereocenters. The monoisotopic (exact) mass is 208 g/mol. The average molecular weight is 208 g/mol. The van der Waals surface area contributed by atoms with Crippen molar-refractivity contribution in [1.29, 1.82) is 5.26 Å². The SMILES string of the molecule is Cc1ccc(-c2ccc(C#N)cc2)cc1N. The molecule has 0 aliphatic heterocycles. The number of hydrogen-bond donors (Lipinski definition) is 1. The van der Waals surface area contributed by atoms with Crippen LogP contribution in [-0.2, 0) is 0 Å². The van der Waals surface area contributed by atoms with Crippen LogP contribution in [0.4, 0.5) is 5.69 Å². The zero-order valence-electron chi connectivity index (χ0n) is 9.07. The number of nitriles is 1. The molecule has 0 amide bonds. The molecule has 2 nitrogen and oxygen atoms in total. The fourth-order valence-corrected chi connectivity index (χ4v) is 1.56. The van der Waals surface area contributed by atoms with Gasteiger partial charge >= 0.3 is 0 Å². The Balaban J connectivity index is 2.43. The number of aryl methyl sites for hydroxylation is 1. The molecule has 0 aromatic heterocycles. The molecule has 2 N–H and O–H groups in total. The van der Waals surface area contributed by atoms with Gasteiger partial charge in [-0.2, -0.15) is 5.26 Å². The second-order valence-corrected chi connectivity index (χ2v) is 3.76. The fourth-order valence-electron chi connectivity index (χ4n) is 1.56. The number of hydrogen-bond acceptors (Lipinski definition) is 2. The first-order valence-corrected chi connectivity index (χ1v) is 5.07. The summed E-state index contributed by atoms with van der Waals surface area (Å²) < 4.78 is 0. The Morgan fingerprint density at radius 3 is 2.19 bits per heavy atom. The van der Waals surface area contributed by atoms with Gasteiger partial charge in [0.15, 0.2) is 0 Å². The lowest BCUT2D eigenvalue weighted by atomic mass is 10.0. The van der Waals surface area contributed by atoms with Crippen LogP contribution in [0.2, 0.25) is 0 Å². The molecule has 2 aromatic rings. The molecule has 0 heterocycles. The molecular weight excluding hydrogens is 196 g/mol. The maximum Gasteiger partial charge on any atom is 0.0991 e. The van der Waals surface area contributed by atoms with E-state index >= 15 is 0 Å². The van der Waals surface area contributed by atoms with E-state index in [4.69, 9.17) is 11.0 Å². The maximum atomic E-state index is 8.71. The Morgan fingerprint density at radius 1 is 1.00 bits per heavy atom. The number of nitrogen functional groups attached to an aromatic ring is 1. The average Bonchev–Trinajstić information content (AvgIpc) is 2.33. The highest BCUT2D eigenvalue weighted by Gasteiger charge is 2.00. The van der Waals surface area contributed by atoms with E-state index in [0.717, 1.165) is 22.4 Å². The van der Waals surface area contributed by atoms with Gasteiger partial charge in [0.25, 0.3) is 0 Å². The summed E-state index contributed by atoms with van der Waals surface area (Å²) in [4.78, 5) is 0. The highest BCUT2D eigenvalue weighted by atomic mass is 14.5. The van der Waals surface area contributed by atoms with Gasteiger partial charge in [0.05, 0.1) is 11.6 Å². The summed E-state index contributed by atoms with van der Waals surface area (Å²) in [6, 6.07) is 15.6. The van der Waals surface area contributed by atoms with Crippen LogP contribution in [0.3, 0.4) is 0 Å². The van der Waals surface area contributed by atoms with Crippen LogP contribution in [0.15, 0.2) is 42.5 Å². The third-order valence-electron chi connectivity index (χ3n) is 2.63. The quantitative estimate of drug-likeness (QED) is 0.732. The van der Waals surface area contributed by atoms with Crippen molar-refractivity contribution in [2.75, 3.05) is 5.73 Å². The summed E-state index contributed by atoms with van der Waals surface area (Å²) >= 11 is 0. The van der Waals surface area contributed by atoms with Gasteiger partial charge in [0, 0.05) is 5.69 Å². The Kier molecular flexibility index (Phi) is 2.61. The van der Waals surface area contributed by atoms with Gasteiger partial charge in [-0.1, -0.05) is 24.3 Å². The van der Waals surface area contributed by atoms with Crippen LogP contribution >= 0.6 is 0 Å². The van der Waals surface area contributed by atoms with Gasteiger partial charge in [-0.25, -0.2) is 0 Å². The first-order chi connectivity index (χ1) is 7.70. The maximum absolute atomic E-state index is 8.71. The smallest absolute Gasteiger partial charge is 0.0991 e. The van der Waals surface area contributed by atoms with Crippen LogP contribution in [0, 0.1) is 18.3 Å². The number of anilines is 1. The van der Waals surface area contributed by atoms with Crippen molar-refractivity contribution in [3.05, 3.63) is 53.6 Å². The highest BCUT2D eigenvalue weighted by molar-refractivity contribution is 5.69. The van der Waals surface area contributed by atoms with Gasteiger partial charge in [0.1, 0.15) is 0 Å². The molecule has 0 atom stereocenters. The Morgan fingerprint density at radius 2 is 1.62 bits per heavy atom. The van der Waals surface area contributed by atoms with Gasteiger partial charge in [-0.05, 0) is 41.8 Å². The molecule has 0 aliphatic carbocycles. The Bertz CT molecular complexity index is 548. The minimum atomic E-state index is 0.670. The van der Waals surface area contributed by atoms with Crippen molar-refractivity contribution in [2.24, 2.45) is 0 Å². The lowest BCUT2D eigenvalue weighted by molar-refractivity contribution is 1.46. The van der Waals surface area contributed by atoms with E-state index in [1.165, 1.54) is 0 Å². The Labute approximate surface area is 95.0 Å². The molecule has 0 bridgehead atoms. The van der Waals surface area contributed by atoms with Crippen molar-refractivity contribution in [2.45, 2.75) is 6.92 Å².